The summed E-state index contributed by atoms with van der Waals surface area (Å²) in [6.45, 7) is 8.44. The fraction of sp³-hybridized carbons (Fsp3) is 0.478. The van der Waals surface area contributed by atoms with E-state index in [2.05, 4.69) is 53.7 Å². The third-order valence-corrected chi connectivity index (χ3v) is 6.22. The van der Waals surface area contributed by atoms with Crippen LogP contribution in [0.3, 0.4) is 0 Å². The summed E-state index contributed by atoms with van der Waals surface area (Å²) in [5, 5.41) is 16.7. The van der Waals surface area contributed by atoms with Gasteiger partial charge < -0.3 is 15.2 Å². The van der Waals surface area contributed by atoms with Crippen molar-refractivity contribution >= 4 is 27.4 Å². The lowest BCUT2D eigenvalue weighted by molar-refractivity contribution is 0.0331. The minimum atomic E-state index is -0.0390. The Bertz CT molecular complexity index is 954. The van der Waals surface area contributed by atoms with E-state index in [0.717, 1.165) is 65.7 Å². The lowest BCUT2D eigenvalue weighted by atomic mass is 10.0. The molecule has 0 bridgehead atoms. The van der Waals surface area contributed by atoms with Crippen molar-refractivity contribution < 1.29 is 9.84 Å². The van der Waals surface area contributed by atoms with Gasteiger partial charge in [-0.3, -0.25) is 4.90 Å². The van der Waals surface area contributed by atoms with Gasteiger partial charge in [0.05, 0.1) is 37.8 Å². The first-order valence-corrected chi connectivity index (χ1v) is 11.5. The number of ether oxygens (including phenoxy) is 1. The maximum absolute atomic E-state index is 9.95. The summed E-state index contributed by atoms with van der Waals surface area (Å²) < 4.78 is 5.47. The molecule has 1 atom stereocenters. The number of benzene rings is 1. The van der Waals surface area contributed by atoms with Crippen molar-refractivity contribution in [3.05, 3.63) is 41.5 Å². The second kappa shape index (κ2) is 9.83. The number of rotatable bonds is 8. The predicted molar refractivity (Wildman–Crippen MR) is 123 cm³/mol. The molecule has 30 heavy (non-hydrogen) atoms. The Hall–Kier alpha value is -2.06. The van der Waals surface area contributed by atoms with Crippen LogP contribution in [0.5, 0.6) is 0 Å². The zero-order chi connectivity index (χ0) is 20.9. The van der Waals surface area contributed by atoms with Crippen molar-refractivity contribution in [2.45, 2.75) is 32.9 Å². The molecule has 1 unspecified atom stereocenters. The molecule has 6 nitrogen and oxygen atoms in total. The molecule has 4 rings (SSSR count). The predicted octanol–water partition coefficient (Wildman–Crippen LogP) is 4.01. The topological polar surface area (TPSA) is 70.5 Å². The average Bonchev–Trinajstić information content (AvgIpc) is 3.18. The van der Waals surface area contributed by atoms with Crippen molar-refractivity contribution in [1.82, 2.24) is 14.9 Å². The molecule has 0 radical (unpaired) electrons. The standard InChI is InChI=1S/C23H30N4O2S/c1-16(2)12-18(14-28)24-22-21-19(17-6-4-3-5-7-17)15-30-23(21)26-20(25-22)13-27-8-10-29-11-9-27/h3-7,15-16,18,28H,8-14H2,1-2H3,(H,24,25,26). The molecule has 1 aliphatic heterocycles. The van der Waals surface area contributed by atoms with Crippen molar-refractivity contribution in [3.63, 3.8) is 0 Å². The molecule has 2 aromatic heterocycles. The summed E-state index contributed by atoms with van der Waals surface area (Å²) in [6.07, 6.45) is 0.881. The van der Waals surface area contributed by atoms with Gasteiger partial charge in [0.2, 0.25) is 0 Å². The van der Waals surface area contributed by atoms with Gasteiger partial charge >= 0.3 is 0 Å². The Kier molecular flexibility index (Phi) is 6.94. The Labute approximate surface area is 181 Å². The van der Waals surface area contributed by atoms with Crippen molar-refractivity contribution in [3.8, 4) is 11.1 Å². The van der Waals surface area contributed by atoms with E-state index in [9.17, 15) is 5.11 Å². The van der Waals surface area contributed by atoms with Gasteiger partial charge in [-0.15, -0.1) is 11.3 Å². The van der Waals surface area contributed by atoms with E-state index in [4.69, 9.17) is 14.7 Å². The zero-order valence-corrected chi connectivity index (χ0v) is 18.5. The van der Waals surface area contributed by atoms with E-state index in [1.165, 1.54) is 0 Å². The summed E-state index contributed by atoms with van der Waals surface area (Å²) in [4.78, 5) is 13.1. The molecule has 0 aliphatic carbocycles. The number of hydrogen-bond donors (Lipinski definition) is 2. The average molecular weight is 427 g/mol. The third kappa shape index (κ3) is 4.98. The fourth-order valence-electron chi connectivity index (χ4n) is 3.89. The molecule has 0 saturated carbocycles. The van der Waals surface area contributed by atoms with Gasteiger partial charge in [0, 0.05) is 24.0 Å². The number of nitrogens with zero attached hydrogens (tertiary/aromatic N) is 3. The fourth-order valence-corrected chi connectivity index (χ4v) is 4.86. The van der Waals surface area contributed by atoms with Crippen LogP contribution in [-0.2, 0) is 11.3 Å². The second-order valence-corrected chi connectivity index (χ2v) is 9.08. The smallest absolute Gasteiger partial charge is 0.146 e. The Morgan fingerprint density at radius 3 is 2.63 bits per heavy atom. The van der Waals surface area contributed by atoms with Crippen LogP contribution in [0.25, 0.3) is 21.3 Å². The molecule has 1 fully saturated rings. The van der Waals surface area contributed by atoms with Crippen LogP contribution in [0.15, 0.2) is 35.7 Å². The molecule has 0 amide bonds. The van der Waals surface area contributed by atoms with E-state index < -0.39 is 0 Å². The first-order chi connectivity index (χ1) is 14.6. The van der Waals surface area contributed by atoms with Crippen LogP contribution < -0.4 is 5.32 Å². The molecule has 1 aliphatic rings. The number of nitrogens with one attached hydrogen (secondary N) is 1. The summed E-state index contributed by atoms with van der Waals surface area (Å²) in [5.41, 5.74) is 2.29. The van der Waals surface area contributed by atoms with Crippen LogP contribution >= 0.6 is 11.3 Å². The van der Waals surface area contributed by atoms with Crippen LogP contribution in [0.4, 0.5) is 5.82 Å². The number of fused-ring (bicyclic) bond motifs is 1. The van der Waals surface area contributed by atoms with Gasteiger partial charge in [-0.2, -0.15) is 0 Å². The highest BCUT2D eigenvalue weighted by molar-refractivity contribution is 7.17. The molecule has 2 N–H and O–H groups in total. The van der Waals surface area contributed by atoms with Crippen molar-refractivity contribution in [2.75, 3.05) is 38.2 Å². The number of morpholine rings is 1. The highest BCUT2D eigenvalue weighted by Crippen LogP contribution is 2.37. The Morgan fingerprint density at radius 2 is 1.93 bits per heavy atom. The maximum Gasteiger partial charge on any atom is 0.146 e. The van der Waals surface area contributed by atoms with Gasteiger partial charge in [-0.25, -0.2) is 9.97 Å². The van der Waals surface area contributed by atoms with E-state index in [1.807, 2.05) is 6.07 Å². The minimum Gasteiger partial charge on any atom is -0.394 e. The number of aliphatic hydroxyl groups excluding tert-OH is 1. The highest BCUT2D eigenvalue weighted by Gasteiger charge is 2.20. The maximum atomic E-state index is 9.95. The second-order valence-electron chi connectivity index (χ2n) is 8.23. The SMILES string of the molecule is CC(C)CC(CO)Nc1nc(CN2CCOCC2)nc2scc(-c3ccccc3)c12. The van der Waals surface area contributed by atoms with Crippen molar-refractivity contribution in [2.24, 2.45) is 5.92 Å². The largest absolute Gasteiger partial charge is 0.394 e. The Balaban J connectivity index is 1.73. The molecular formula is C23H30N4O2S. The van der Waals surface area contributed by atoms with Gasteiger partial charge in [0.25, 0.3) is 0 Å². The van der Waals surface area contributed by atoms with E-state index in [-0.39, 0.29) is 12.6 Å². The Morgan fingerprint density at radius 1 is 1.17 bits per heavy atom. The molecule has 1 saturated heterocycles. The molecular weight excluding hydrogens is 396 g/mol. The molecule has 3 heterocycles. The normalized spacial score (nSPS) is 16.3. The van der Waals surface area contributed by atoms with Crippen LogP contribution in [0, 0.1) is 5.92 Å². The van der Waals surface area contributed by atoms with E-state index >= 15 is 0 Å². The molecule has 0 spiro atoms. The quantitative estimate of drug-likeness (QED) is 0.567. The van der Waals surface area contributed by atoms with Gasteiger partial charge in [-0.1, -0.05) is 44.2 Å². The molecule has 3 aromatic rings. The number of anilines is 1. The molecule has 160 valence electrons. The minimum absolute atomic E-state index is 0.0390. The van der Waals surface area contributed by atoms with Crippen LogP contribution in [0.1, 0.15) is 26.1 Å². The van der Waals surface area contributed by atoms with Crippen LogP contribution in [0.2, 0.25) is 0 Å². The highest BCUT2D eigenvalue weighted by atomic mass is 32.1. The summed E-state index contributed by atoms with van der Waals surface area (Å²) in [7, 11) is 0. The zero-order valence-electron chi connectivity index (χ0n) is 17.7. The first kappa shape index (κ1) is 21.2. The molecule has 1 aromatic carbocycles. The van der Waals surface area contributed by atoms with Gasteiger partial charge in [0.15, 0.2) is 0 Å². The lowest BCUT2D eigenvalue weighted by Crippen LogP contribution is -2.36. The first-order valence-electron chi connectivity index (χ1n) is 10.6. The molecule has 7 heteroatoms. The number of aromatic nitrogens is 2. The van der Waals surface area contributed by atoms with Gasteiger partial charge in [0.1, 0.15) is 16.5 Å². The number of aliphatic hydroxyl groups is 1. The summed E-state index contributed by atoms with van der Waals surface area (Å²) in [5.74, 6) is 2.12. The van der Waals surface area contributed by atoms with E-state index in [1.54, 1.807) is 11.3 Å². The van der Waals surface area contributed by atoms with Gasteiger partial charge in [-0.05, 0) is 17.9 Å². The number of hydrogen-bond acceptors (Lipinski definition) is 7. The van der Waals surface area contributed by atoms with Crippen molar-refractivity contribution in [1.29, 1.82) is 0 Å². The summed E-state index contributed by atoms with van der Waals surface area (Å²) >= 11 is 1.65. The van der Waals surface area contributed by atoms with Crippen LogP contribution in [-0.4, -0.2) is 58.9 Å². The van der Waals surface area contributed by atoms with E-state index in [0.29, 0.717) is 12.5 Å². The number of thiophene rings is 1. The summed E-state index contributed by atoms with van der Waals surface area (Å²) in [6, 6.07) is 10.3. The third-order valence-electron chi connectivity index (χ3n) is 5.35. The lowest BCUT2D eigenvalue weighted by Gasteiger charge is -2.26. The monoisotopic (exact) mass is 426 g/mol.